The topological polar surface area (TPSA) is 63.8 Å². The molecule has 0 aromatic carbocycles. The number of thiazole rings is 2. The first kappa shape index (κ1) is 9.57. The molecule has 0 radical (unpaired) electrons. The van der Waals surface area contributed by atoms with Crippen LogP contribution in [-0.4, -0.2) is 23.1 Å². The quantitative estimate of drug-likeness (QED) is 0.832. The molecular formula is C8H10N4S2. The second-order valence-corrected chi connectivity index (χ2v) is 4.36. The van der Waals surface area contributed by atoms with Crippen molar-refractivity contribution in [2.75, 3.05) is 18.4 Å². The lowest BCUT2D eigenvalue weighted by Gasteiger charge is -1.96. The lowest BCUT2D eigenvalue weighted by atomic mass is 10.4. The average molecular weight is 226 g/mol. The molecule has 4 nitrogen and oxygen atoms in total. The van der Waals surface area contributed by atoms with E-state index in [-0.39, 0.29) is 0 Å². The Bertz CT molecular complexity index is 382. The zero-order valence-electron chi connectivity index (χ0n) is 7.43. The van der Waals surface area contributed by atoms with Crippen molar-refractivity contribution in [3.8, 4) is 10.6 Å². The maximum absolute atomic E-state index is 5.38. The molecule has 0 saturated carbocycles. The minimum atomic E-state index is 0.621. The molecule has 0 aliphatic carbocycles. The monoisotopic (exact) mass is 226 g/mol. The van der Waals surface area contributed by atoms with E-state index in [1.165, 1.54) is 0 Å². The Morgan fingerprint density at radius 1 is 1.43 bits per heavy atom. The average Bonchev–Trinajstić information content (AvgIpc) is 2.85. The van der Waals surface area contributed by atoms with E-state index in [2.05, 4.69) is 15.3 Å². The third-order valence-electron chi connectivity index (χ3n) is 1.61. The van der Waals surface area contributed by atoms with E-state index in [1.54, 1.807) is 22.7 Å². The highest BCUT2D eigenvalue weighted by molar-refractivity contribution is 7.15. The third-order valence-corrected chi connectivity index (χ3v) is 3.21. The molecule has 2 aromatic rings. The van der Waals surface area contributed by atoms with Crippen molar-refractivity contribution in [1.29, 1.82) is 0 Å². The van der Waals surface area contributed by atoms with Gasteiger partial charge in [0.15, 0.2) is 5.13 Å². The maximum Gasteiger partial charge on any atom is 0.183 e. The summed E-state index contributed by atoms with van der Waals surface area (Å²) in [7, 11) is 0. The Kier molecular flexibility index (Phi) is 3.07. The van der Waals surface area contributed by atoms with Crippen LogP contribution in [0.2, 0.25) is 0 Å². The lowest BCUT2D eigenvalue weighted by Crippen LogP contribution is -2.12. The van der Waals surface area contributed by atoms with E-state index in [9.17, 15) is 0 Å². The molecule has 2 rings (SSSR count). The Morgan fingerprint density at radius 3 is 3.07 bits per heavy atom. The van der Waals surface area contributed by atoms with Crippen LogP contribution < -0.4 is 11.1 Å². The van der Waals surface area contributed by atoms with Crippen LogP contribution in [0.25, 0.3) is 10.6 Å². The molecule has 2 heterocycles. The normalized spacial score (nSPS) is 10.4. The third kappa shape index (κ3) is 2.09. The fourth-order valence-electron chi connectivity index (χ4n) is 0.989. The molecule has 0 aliphatic rings. The summed E-state index contributed by atoms with van der Waals surface area (Å²) in [5, 5.41) is 6.08. The highest BCUT2D eigenvalue weighted by Gasteiger charge is 2.04. The van der Waals surface area contributed by atoms with E-state index in [0.717, 1.165) is 22.2 Å². The van der Waals surface area contributed by atoms with Crippen LogP contribution in [0.5, 0.6) is 0 Å². The van der Waals surface area contributed by atoms with Crippen molar-refractivity contribution in [3.05, 3.63) is 17.1 Å². The molecule has 0 fully saturated rings. The summed E-state index contributed by atoms with van der Waals surface area (Å²) in [6.07, 6.45) is 1.83. The number of hydrogen-bond acceptors (Lipinski definition) is 6. The van der Waals surface area contributed by atoms with Gasteiger partial charge in [-0.3, -0.25) is 4.98 Å². The smallest absolute Gasteiger partial charge is 0.183 e. The van der Waals surface area contributed by atoms with Gasteiger partial charge in [0.05, 0.1) is 16.1 Å². The van der Waals surface area contributed by atoms with Crippen LogP contribution in [-0.2, 0) is 0 Å². The second kappa shape index (κ2) is 4.50. The van der Waals surface area contributed by atoms with Crippen LogP contribution in [0.3, 0.4) is 0 Å². The van der Waals surface area contributed by atoms with Gasteiger partial charge in [0, 0.05) is 24.7 Å². The van der Waals surface area contributed by atoms with Gasteiger partial charge in [-0.25, -0.2) is 4.98 Å². The van der Waals surface area contributed by atoms with Gasteiger partial charge in [-0.1, -0.05) is 0 Å². The molecule has 0 atom stereocenters. The number of rotatable bonds is 4. The van der Waals surface area contributed by atoms with Gasteiger partial charge in [-0.05, 0) is 0 Å². The zero-order chi connectivity index (χ0) is 9.80. The minimum Gasteiger partial charge on any atom is -0.360 e. The van der Waals surface area contributed by atoms with E-state index < -0.39 is 0 Å². The van der Waals surface area contributed by atoms with Crippen LogP contribution in [0.1, 0.15) is 0 Å². The molecule has 2 aromatic heterocycles. The predicted octanol–water partition coefficient (Wildman–Crippen LogP) is 1.64. The largest absolute Gasteiger partial charge is 0.360 e. The fraction of sp³-hybridized carbons (Fsp3) is 0.250. The molecule has 3 N–H and O–H groups in total. The van der Waals surface area contributed by atoms with Gasteiger partial charge in [-0.2, -0.15) is 0 Å². The SMILES string of the molecule is NCCNc1nc(-c2cncs2)cs1. The van der Waals surface area contributed by atoms with Gasteiger partial charge in [0.1, 0.15) is 0 Å². The van der Waals surface area contributed by atoms with E-state index in [4.69, 9.17) is 5.73 Å². The van der Waals surface area contributed by atoms with Crippen molar-refractivity contribution >= 4 is 27.8 Å². The second-order valence-electron chi connectivity index (χ2n) is 2.62. The van der Waals surface area contributed by atoms with Gasteiger partial charge in [0.25, 0.3) is 0 Å². The van der Waals surface area contributed by atoms with Crippen LogP contribution in [0.15, 0.2) is 17.1 Å². The summed E-state index contributed by atoms with van der Waals surface area (Å²) in [6, 6.07) is 0. The highest BCUT2D eigenvalue weighted by atomic mass is 32.1. The van der Waals surface area contributed by atoms with Crippen molar-refractivity contribution in [2.24, 2.45) is 5.73 Å². The predicted molar refractivity (Wildman–Crippen MR) is 60.8 cm³/mol. The number of nitrogens with one attached hydrogen (secondary N) is 1. The van der Waals surface area contributed by atoms with Crippen molar-refractivity contribution in [3.63, 3.8) is 0 Å². The Morgan fingerprint density at radius 2 is 2.36 bits per heavy atom. The molecule has 6 heteroatoms. The van der Waals surface area contributed by atoms with Crippen LogP contribution in [0.4, 0.5) is 5.13 Å². The molecule has 74 valence electrons. The standard InChI is InChI=1S/C8H10N4S2/c9-1-2-11-8-12-6(4-13-8)7-3-10-5-14-7/h3-5H,1-2,9H2,(H,11,12). The Balaban J connectivity index is 2.10. The molecule has 0 amide bonds. The summed E-state index contributed by atoms with van der Waals surface area (Å²) >= 11 is 3.18. The van der Waals surface area contributed by atoms with E-state index >= 15 is 0 Å². The molecule has 14 heavy (non-hydrogen) atoms. The zero-order valence-corrected chi connectivity index (χ0v) is 9.07. The number of anilines is 1. The molecule has 0 saturated heterocycles. The van der Waals surface area contributed by atoms with Crippen LogP contribution >= 0.6 is 22.7 Å². The van der Waals surface area contributed by atoms with E-state index in [0.29, 0.717) is 6.54 Å². The number of nitrogens with zero attached hydrogens (tertiary/aromatic N) is 2. The van der Waals surface area contributed by atoms with E-state index in [1.807, 2.05) is 17.1 Å². The van der Waals surface area contributed by atoms with Gasteiger partial charge < -0.3 is 11.1 Å². The number of hydrogen-bond donors (Lipinski definition) is 2. The van der Waals surface area contributed by atoms with Crippen molar-refractivity contribution < 1.29 is 0 Å². The summed E-state index contributed by atoms with van der Waals surface area (Å²) < 4.78 is 0. The van der Waals surface area contributed by atoms with Crippen LogP contribution in [0, 0.1) is 0 Å². The first-order valence-electron chi connectivity index (χ1n) is 4.18. The van der Waals surface area contributed by atoms with Gasteiger partial charge >= 0.3 is 0 Å². The molecule has 0 spiro atoms. The minimum absolute atomic E-state index is 0.621. The Hall–Kier alpha value is -0.980. The summed E-state index contributed by atoms with van der Waals surface area (Å²) in [4.78, 5) is 9.52. The molecule has 0 bridgehead atoms. The molecular weight excluding hydrogens is 216 g/mol. The fourth-order valence-corrected chi connectivity index (χ4v) is 2.39. The first-order chi connectivity index (χ1) is 6.90. The summed E-state index contributed by atoms with van der Waals surface area (Å²) in [6.45, 7) is 1.38. The number of aromatic nitrogens is 2. The van der Waals surface area contributed by atoms with Gasteiger partial charge in [0.2, 0.25) is 0 Å². The van der Waals surface area contributed by atoms with Crippen molar-refractivity contribution in [1.82, 2.24) is 9.97 Å². The molecule has 0 aliphatic heterocycles. The summed E-state index contributed by atoms with van der Waals surface area (Å²) in [5.41, 5.74) is 8.17. The lowest BCUT2D eigenvalue weighted by molar-refractivity contribution is 1.02. The summed E-state index contributed by atoms with van der Waals surface area (Å²) in [5.74, 6) is 0. The maximum atomic E-state index is 5.38. The Labute approximate surface area is 89.8 Å². The van der Waals surface area contributed by atoms with Gasteiger partial charge in [-0.15, -0.1) is 22.7 Å². The van der Waals surface area contributed by atoms with Crippen molar-refractivity contribution in [2.45, 2.75) is 0 Å². The number of nitrogens with two attached hydrogens (primary N) is 1. The highest BCUT2D eigenvalue weighted by Crippen LogP contribution is 2.26. The first-order valence-corrected chi connectivity index (χ1v) is 5.94. The molecule has 0 unspecified atom stereocenters.